The van der Waals surface area contributed by atoms with Gasteiger partial charge in [-0.25, -0.2) is 0 Å². The van der Waals surface area contributed by atoms with Crippen molar-refractivity contribution in [3.05, 3.63) is 28.5 Å². The molecular formula is C7H5ClF3N. The highest BCUT2D eigenvalue weighted by Crippen LogP contribution is 2.29. The maximum Gasteiger partial charge on any atom is 0.433 e. The molecule has 0 amide bonds. The first kappa shape index (κ1) is 4.46. The Morgan fingerprint density at radius 1 is 1.67 bits per heavy atom. The topological polar surface area (TPSA) is 12.9 Å². The first-order valence-electron chi connectivity index (χ1n) is 5.20. The van der Waals surface area contributed by atoms with Crippen molar-refractivity contribution in [1.82, 2.24) is 4.98 Å². The molecule has 0 radical (unpaired) electrons. The summed E-state index contributed by atoms with van der Waals surface area (Å²) in [5.74, 6) is 0. The highest BCUT2D eigenvalue weighted by molar-refractivity contribution is 6.31. The first-order chi connectivity index (χ1) is 7.46. The molecule has 1 heterocycles. The summed E-state index contributed by atoms with van der Waals surface area (Å²) < 4.78 is 72.6. The molecule has 1 rings (SSSR count). The second-order valence-electron chi connectivity index (χ2n) is 1.88. The number of nitrogens with zero attached hydrogens (tertiary/aromatic N) is 1. The highest BCUT2D eigenvalue weighted by Gasteiger charge is 2.32. The standard InChI is InChI=1S/C7H5ClF3N/c1-4-2-6(7(9,10)11)12-3-5(4)8/h2-3H,1H3/i1D3,2D,3D. The molecule has 12 heavy (non-hydrogen) atoms. The van der Waals surface area contributed by atoms with Crippen LogP contribution in [0.1, 0.15) is 18.1 Å². The van der Waals surface area contributed by atoms with Gasteiger partial charge < -0.3 is 0 Å². The molecular weight excluding hydrogens is 191 g/mol. The Balaban J connectivity index is 3.67. The minimum Gasteiger partial charge on any atom is -0.250 e. The van der Waals surface area contributed by atoms with Crippen molar-refractivity contribution in [2.75, 3.05) is 0 Å². The quantitative estimate of drug-likeness (QED) is 0.627. The SMILES string of the molecule is [2H]c1nc(C(F)(F)F)c([2H])c(C([2H])([2H])[2H])c1Cl. The second kappa shape index (κ2) is 2.94. The summed E-state index contributed by atoms with van der Waals surface area (Å²) in [6.07, 6.45) is -6.02. The van der Waals surface area contributed by atoms with Crippen molar-refractivity contribution in [3.63, 3.8) is 0 Å². The Kier molecular flexibility index (Phi) is 1.09. The largest absolute Gasteiger partial charge is 0.433 e. The van der Waals surface area contributed by atoms with Gasteiger partial charge in [-0.1, -0.05) is 11.6 Å². The van der Waals surface area contributed by atoms with Crippen LogP contribution in [0, 0.1) is 6.85 Å². The lowest BCUT2D eigenvalue weighted by atomic mass is 10.2. The summed E-state index contributed by atoms with van der Waals surface area (Å²) in [5.41, 5.74) is -2.73. The van der Waals surface area contributed by atoms with Crippen molar-refractivity contribution in [2.45, 2.75) is 13.0 Å². The van der Waals surface area contributed by atoms with E-state index in [4.69, 9.17) is 18.5 Å². The van der Waals surface area contributed by atoms with Crippen LogP contribution < -0.4 is 0 Å². The minimum absolute atomic E-state index is 0.761. The third-order valence-electron chi connectivity index (χ3n) is 0.997. The monoisotopic (exact) mass is 200 g/mol. The second-order valence-corrected chi connectivity index (χ2v) is 2.26. The average molecular weight is 201 g/mol. The van der Waals surface area contributed by atoms with Crippen LogP contribution in [0.5, 0.6) is 0 Å². The number of hydrogen-bond acceptors (Lipinski definition) is 1. The molecule has 5 heteroatoms. The van der Waals surface area contributed by atoms with Crippen LogP contribution >= 0.6 is 11.6 Å². The molecule has 0 fully saturated rings. The van der Waals surface area contributed by atoms with Crippen LogP contribution in [-0.4, -0.2) is 4.98 Å². The van der Waals surface area contributed by atoms with E-state index in [9.17, 15) is 13.2 Å². The van der Waals surface area contributed by atoms with Gasteiger partial charge in [-0.05, 0) is 18.5 Å². The van der Waals surface area contributed by atoms with Gasteiger partial charge in [-0.15, -0.1) is 0 Å². The fourth-order valence-corrected chi connectivity index (χ4v) is 0.586. The third-order valence-corrected chi connectivity index (χ3v) is 1.27. The molecule has 1 aromatic heterocycles. The van der Waals surface area contributed by atoms with Crippen molar-refractivity contribution in [2.24, 2.45) is 0 Å². The van der Waals surface area contributed by atoms with Crippen LogP contribution in [0.3, 0.4) is 0 Å². The van der Waals surface area contributed by atoms with Gasteiger partial charge in [0, 0.05) is 10.3 Å². The molecule has 0 unspecified atom stereocenters. The molecule has 0 aliphatic carbocycles. The Bertz CT molecular complexity index is 456. The summed E-state index contributed by atoms with van der Waals surface area (Å²) in [6, 6.07) is -1.32. The maximum atomic E-state index is 12.4. The molecule has 0 aliphatic rings. The lowest BCUT2D eigenvalue weighted by Crippen LogP contribution is -2.07. The van der Waals surface area contributed by atoms with E-state index in [0.717, 1.165) is 0 Å². The molecule has 1 nitrogen and oxygen atoms in total. The summed E-state index contributed by atoms with van der Waals surface area (Å²) in [6.45, 7) is -3.01. The van der Waals surface area contributed by atoms with Gasteiger partial charge in [-0.2, -0.15) is 13.2 Å². The summed E-state index contributed by atoms with van der Waals surface area (Å²) in [7, 11) is 0. The van der Waals surface area contributed by atoms with Crippen molar-refractivity contribution in [3.8, 4) is 0 Å². The number of pyridine rings is 1. The Morgan fingerprint density at radius 2 is 2.33 bits per heavy atom. The number of hydrogen-bond donors (Lipinski definition) is 0. The van der Waals surface area contributed by atoms with E-state index in [1.54, 1.807) is 0 Å². The van der Waals surface area contributed by atoms with E-state index < -0.39 is 41.5 Å². The maximum absolute atomic E-state index is 12.4. The molecule has 66 valence electrons. The lowest BCUT2D eigenvalue weighted by molar-refractivity contribution is -0.141. The van der Waals surface area contributed by atoms with Crippen molar-refractivity contribution in [1.29, 1.82) is 0 Å². The van der Waals surface area contributed by atoms with Crippen LogP contribution in [-0.2, 0) is 6.18 Å². The van der Waals surface area contributed by atoms with Crippen LogP contribution in [0.4, 0.5) is 13.2 Å². The number of aromatic nitrogens is 1. The molecule has 0 N–H and O–H groups in total. The Morgan fingerprint density at radius 3 is 2.83 bits per heavy atom. The summed E-state index contributed by atoms with van der Waals surface area (Å²) in [5, 5.41) is -0.761. The average Bonchev–Trinajstić information content (AvgIpc) is 2.07. The first-order valence-corrected chi connectivity index (χ1v) is 3.08. The Hall–Kier alpha value is -0.770. The molecule has 0 aliphatic heterocycles. The molecule has 0 aromatic carbocycles. The Labute approximate surface area is 79.2 Å². The molecule has 0 spiro atoms. The predicted octanol–water partition coefficient (Wildman–Crippen LogP) is 3.06. The zero-order valence-corrected chi connectivity index (χ0v) is 6.22. The third kappa shape index (κ3) is 1.88. The molecule has 0 saturated heterocycles. The fourth-order valence-electron chi connectivity index (χ4n) is 0.496. The fraction of sp³-hybridized carbons (Fsp3) is 0.286. The lowest BCUT2D eigenvalue weighted by Gasteiger charge is -2.06. The van der Waals surface area contributed by atoms with E-state index in [1.165, 1.54) is 0 Å². The van der Waals surface area contributed by atoms with Gasteiger partial charge in [0.15, 0.2) is 0 Å². The normalized spacial score (nSPS) is 18.8. The van der Waals surface area contributed by atoms with Crippen LogP contribution in [0.2, 0.25) is 5.02 Å². The van der Waals surface area contributed by atoms with Gasteiger partial charge in [0.1, 0.15) is 5.69 Å². The van der Waals surface area contributed by atoms with Gasteiger partial charge >= 0.3 is 6.18 Å². The van der Waals surface area contributed by atoms with Crippen LogP contribution in [0.25, 0.3) is 0 Å². The van der Waals surface area contributed by atoms with Gasteiger partial charge in [0.25, 0.3) is 0 Å². The van der Waals surface area contributed by atoms with Gasteiger partial charge in [0.2, 0.25) is 0 Å². The summed E-state index contributed by atoms with van der Waals surface area (Å²) in [4.78, 5) is 2.79. The van der Waals surface area contributed by atoms with E-state index >= 15 is 0 Å². The van der Waals surface area contributed by atoms with Crippen molar-refractivity contribution < 1.29 is 20.0 Å². The van der Waals surface area contributed by atoms with E-state index in [2.05, 4.69) is 4.98 Å². The molecule has 0 atom stereocenters. The smallest absolute Gasteiger partial charge is 0.250 e. The van der Waals surface area contributed by atoms with Gasteiger partial charge in [0.05, 0.1) is 7.76 Å². The number of halogens is 4. The van der Waals surface area contributed by atoms with Crippen LogP contribution in [0.15, 0.2) is 12.2 Å². The number of rotatable bonds is 0. The minimum atomic E-state index is -5.00. The zero-order chi connectivity index (χ0) is 13.6. The molecule has 0 bridgehead atoms. The summed E-state index contributed by atoms with van der Waals surface area (Å²) >= 11 is 5.41. The zero-order valence-electron chi connectivity index (χ0n) is 10.5. The van der Waals surface area contributed by atoms with E-state index in [1.807, 2.05) is 0 Å². The van der Waals surface area contributed by atoms with E-state index in [-0.39, 0.29) is 0 Å². The van der Waals surface area contributed by atoms with Gasteiger partial charge in [-0.3, -0.25) is 4.98 Å². The predicted molar refractivity (Wildman–Crippen MR) is 39.0 cm³/mol. The molecule has 0 saturated carbocycles. The highest BCUT2D eigenvalue weighted by atomic mass is 35.5. The molecule has 1 aromatic rings. The number of alkyl halides is 3. The van der Waals surface area contributed by atoms with Crippen molar-refractivity contribution >= 4 is 11.6 Å². The van der Waals surface area contributed by atoms with E-state index in [0.29, 0.717) is 0 Å².